The molecule has 3 aromatic rings. The van der Waals surface area contributed by atoms with Crippen molar-refractivity contribution in [1.29, 1.82) is 0 Å². The van der Waals surface area contributed by atoms with Gasteiger partial charge in [-0.25, -0.2) is 8.42 Å². The van der Waals surface area contributed by atoms with Crippen molar-refractivity contribution in [3.8, 4) is 5.75 Å². The number of aromatic nitrogens is 1. The molecule has 1 aromatic heterocycles. The molecule has 0 amide bonds. The molecule has 0 aliphatic carbocycles. The molecule has 2 heterocycles. The number of benzene rings is 2. The van der Waals surface area contributed by atoms with Gasteiger partial charge in [0.15, 0.2) is 0 Å². The number of aryl methyl sites for hydroxylation is 1. The first-order valence-corrected chi connectivity index (χ1v) is 14.4. The molecule has 40 heavy (non-hydrogen) atoms. The molecule has 0 radical (unpaired) electrons. The van der Waals surface area contributed by atoms with E-state index in [-0.39, 0.29) is 19.7 Å². The van der Waals surface area contributed by atoms with Crippen molar-refractivity contribution in [2.75, 3.05) is 44.4 Å². The molecule has 12 heteroatoms. The molecule has 1 aliphatic heterocycles. The second kappa shape index (κ2) is 12.4. The van der Waals surface area contributed by atoms with Gasteiger partial charge >= 0.3 is 15.5 Å². The summed E-state index contributed by atoms with van der Waals surface area (Å²) in [7, 11) is -1.87. The van der Waals surface area contributed by atoms with Crippen LogP contribution in [0.1, 0.15) is 23.2 Å². The lowest BCUT2D eigenvalue weighted by molar-refractivity contribution is -0.0492. The Morgan fingerprint density at radius 3 is 2.52 bits per heavy atom. The lowest BCUT2D eigenvalue weighted by atomic mass is 10.0. The minimum absolute atomic E-state index is 0.221. The quantitative estimate of drug-likeness (QED) is 0.385. The Balaban J connectivity index is 1.81. The number of ether oxygens (including phenoxy) is 1. The number of pyridine rings is 1. The molecule has 216 valence electrons. The molecule has 0 saturated heterocycles. The van der Waals surface area contributed by atoms with Crippen molar-refractivity contribution in [1.82, 2.24) is 14.2 Å². The molecule has 0 spiro atoms. The SMILES string of the molecule is CN(C)CCOc1cccc2c1CN(S(=O)(=O)C(F)(F)F)C[C@@H](CCc1ccccc1)N2Cc1cc(N)ccn1. The molecule has 2 N–H and O–H groups in total. The van der Waals surface area contributed by atoms with E-state index in [1.165, 1.54) is 0 Å². The molecule has 0 saturated carbocycles. The Hall–Kier alpha value is -3.35. The smallest absolute Gasteiger partial charge is 0.492 e. The monoisotopic (exact) mass is 577 g/mol. The van der Waals surface area contributed by atoms with Gasteiger partial charge in [0.05, 0.1) is 12.2 Å². The van der Waals surface area contributed by atoms with Gasteiger partial charge < -0.3 is 20.3 Å². The number of rotatable bonds is 10. The summed E-state index contributed by atoms with van der Waals surface area (Å²) in [5.41, 5.74) is 3.64. The minimum Gasteiger partial charge on any atom is -0.492 e. The number of fused-ring (bicyclic) bond motifs is 1. The third-order valence-electron chi connectivity index (χ3n) is 6.82. The number of halogens is 3. The van der Waals surface area contributed by atoms with Crippen molar-refractivity contribution in [3.05, 3.63) is 83.7 Å². The highest BCUT2D eigenvalue weighted by Crippen LogP contribution is 2.39. The predicted molar refractivity (Wildman–Crippen MR) is 149 cm³/mol. The zero-order valence-corrected chi connectivity index (χ0v) is 23.3. The summed E-state index contributed by atoms with van der Waals surface area (Å²) in [5.74, 6) is 0.343. The molecule has 0 bridgehead atoms. The van der Waals surface area contributed by atoms with E-state index in [0.717, 1.165) is 5.56 Å². The van der Waals surface area contributed by atoms with E-state index in [4.69, 9.17) is 10.5 Å². The molecule has 1 atom stereocenters. The fourth-order valence-electron chi connectivity index (χ4n) is 4.75. The second-order valence-electron chi connectivity index (χ2n) is 10.0. The van der Waals surface area contributed by atoms with Crippen LogP contribution in [0.25, 0.3) is 0 Å². The molecular formula is C28H34F3N5O3S. The summed E-state index contributed by atoms with van der Waals surface area (Å²) in [5, 5.41) is 0. The van der Waals surface area contributed by atoms with Crippen LogP contribution < -0.4 is 15.4 Å². The van der Waals surface area contributed by atoms with Crippen LogP contribution in [0.3, 0.4) is 0 Å². The highest BCUT2D eigenvalue weighted by atomic mass is 32.2. The van der Waals surface area contributed by atoms with E-state index >= 15 is 0 Å². The van der Waals surface area contributed by atoms with Crippen molar-refractivity contribution in [2.45, 2.75) is 37.5 Å². The molecule has 0 unspecified atom stereocenters. The van der Waals surface area contributed by atoms with Crippen molar-refractivity contribution >= 4 is 21.4 Å². The topological polar surface area (TPSA) is 92.0 Å². The van der Waals surface area contributed by atoms with Gasteiger partial charge in [0.2, 0.25) is 0 Å². The van der Waals surface area contributed by atoms with Crippen molar-refractivity contribution in [2.24, 2.45) is 0 Å². The molecule has 4 rings (SSSR count). The van der Waals surface area contributed by atoms with Gasteiger partial charge in [0.25, 0.3) is 0 Å². The van der Waals surface area contributed by atoms with Crippen LogP contribution in [-0.4, -0.2) is 67.9 Å². The average molecular weight is 578 g/mol. The van der Waals surface area contributed by atoms with E-state index in [0.29, 0.717) is 52.1 Å². The fraction of sp³-hybridized carbons (Fsp3) is 0.393. The number of nitrogens with two attached hydrogens (primary N) is 1. The Labute approximate surface area is 233 Å². The summed E-state index contributed by atoms with van der Waals surface area (Å²) in [4.78, 5) is 8.27. The van der Waals surface area contributed by atoms with Crippen LogP contribution in [0.4, 0.5) is 24.5 Å². The normalized spacial score (nSPS) is 16.6. The summed E-state index contributed by atoms with van der Waals surface area (Å²) >= 11 is 0. The van der Waals surface area contributed by atoms with Crippen molar-refractivity contribution in [3.63, 3.8) is 0 Å². The summed E-state index contributed by atoms with van der Waals surface area (Å²) in [6, 6.07) is 17.5. The Bertz CT molecular complexity index is 1390. The maximum atomic E-state index is 13.9. The summed E-state index contributed by atoms with van der Waals surface area (Å²) < 4.78 is 73.8. The third-order valence-corrected chi connectivity index (χ3v) is 8.36. The van der Waals surface area contributed by atoms with E-state index < -0.39 is 28.1 Å². The predicted octanol–water partition coefficient (Wildman–Crippen LogP) is 4.28. The molecule has 0 fully saturated rings. The molecule has 2 aromatic carbocycles. The highest BCUT2D eigenvalue weighted by Gasteiger charge is 2.51. The maximum absolute atomic E-state index is 13.9. The maximum Gasteiger partial charge on any atom is 0.511 e. The van der Waals surface area contributed by atoms with Crippen molar-refractivity contribution < 1.29 is 26.3 Å². The Morgan fingerprint density at radius 1 is 1.10 bits per heavy atom. The molecule has 1 aliphatic rings. The lowest BCUT2D eigenvalue weighted by Gasteiger charge is -2.34. The van der Waals surface area contributed by atoms with E-state index in [9.17, 15) is 21.6 Å². The minimum atomic E-state index is -5.63. The zero-order valence-electron chi connectivity index (χ0n) is 22.5. The molecular weight excluding hydrogens is 543 g/mol. The third kappa shape index (κ3) is 7.04. The summed E-state index contributed by atoms with van der Waals surface area (Å²) in [6.45, 7) is 0.244. The summed E-state index contributed by atoms with van der Waals surface area (Å²) in [6.07, 6.45) is 2.52. The Kier molecular flexibility index (Phi) is 9.22. The van der Waals surface area contributed by atoms with Gasteiger partial charge in [-0.3, -0.25) is 4.98 Å². The standard InChI is InChI=1S/C28H34F3N5O3S/c1-34(2)15-16-39-27-10-6-9-26-25(27)20-35(40(37,38)28(29,30)31)19-24(12-11-21-7-4-3-5-8-21)36(26)18-23-17-22(32)13-14-33-23/h3-10,13-14,17,24H,11-12,15-16,18-20H2,1-2H3,(H2,32,33)/t24-/m1/s1. The highest BCUT2D eigenvalue weighted by molar-refractivity contribution is 7.89. The number of sulfonamides is 1. The van der Waals surface area contributed by atoms with Crippen LogP contribution >= 0.6 is 0 Å². The lowest BCUT2D eigenvalue weighted by Crippen LogP contribution is -2.47. The number of anilines is 2. The second-order valence-corrected chi connectivity index (χ2v) is 12.0. The first-order valence-electron chi connectivity index (χ1n) is 12.9. The van der Waals surface area contributed by atoms with Crippen LogP contribution in [-0.2, 0) is 29.5 Å². The largest absolute Gasteiger partial charge is 0.511 e. The molecule has 8 nitrogen and oxygen atoms in total. The van der Waals surface area contributed by atoms with Crippen LogP contribution in [0.5, 0.6) is 5.75 Å². The first kappa shape index (κ1) is 29.6. The Morgan fingerprint density at radius 2 is 1.85 bits per heavy atom. The van der Waals surface area contributed by atoms with E-state index in [2.05, 4.69) is 4.98 Å². The van der Waals surface area contributed by atoms with Crippen LogP contribution in [0, 0.1) is 0 Å². The fourth-order valence-corrected chi connectivity index (χ4v) is 5.71. The number of nitrogen functional groups attached to an aromatic ring is 1. The van der Waals surface area contributed by atoms with Gasteiger partial charge in [0.1, 0.15) is 12.4 Å². The van der Waals surface area contributed by atoms with E-state index in [1.807, 2.05) is 54.2 Å². The van der Waals surface area contributed by atoms with E-state index in [1.54, 1.807) is 36.5 Å². The first-order chi connectivity index (χ1) is 19.0. The van der Waals surface area contributed by atoms with Gasteiger partial charge in [-0.05, 0) is 56.8 Å². The van der Waals surface area contributed by atoms with Crippen LogP contribution in [0.2, 0.25) is 0 Å². The average Bonchev–Trinajstić information content (AvgIpc) is 3.05. The van der Waals surface area contributed by atoms with Crippen LogP contribution in [0.15, 0.2) is 66.9 Å². The van der Waals surface area contributed by atoms with Gasteiger partial charge in [0, 0.05) is 48.8 Å². The van der Waals surface area contributed by atoms with Gasteiger partial charge in [-0.1, -0.05) is 36.4 Å². The zero-order chi connectivity index (χ0) is 28.9. The number of hydrogen-bond acceptors (Lipinski definition) is 7. The van der Waals surface area contributed by atoms with Gasteiger partial charge in [-0.15, -0.1) is 0 Å². The van der Waals surface area contributed by atoms with Gasteiger partial charge in [-0.2, -0.15) is 17.5 Å². The number of alkyl halides is 3. The number of nitrogens with zero attached hydrogens (tertiary/aromatic N) is 4. The number of likely N-dealkylation sites (N-methyl/N-ethyl adjacent to an activating group) is 1. The number of hydrogen-bond donors (Lipinski definition) is 1.